The number of aryl methyl sites for hydroxylation is 2. The predicted molar refractivity (Wildman–Crippen MR) is 136 cm³/mol. The Labute approximate surface area is 211 Å². The minimum atomic E-state index is -1.00. The summed E-state index contributed by atoms with van der Waals surface area (Å²) in [5.41, 5.74) is 2.66. The highest BCUT2D eigenvalue weighted by atomic mass is 16.4. The van der Waals surface area contributed by atoms with E-state index in [2.05, 4.69) is 43.0 Å². The molecule has 0 aliphatic carbocycles. The van der Waals surface area contributed by atoms with Crippen molar-refractivity contribution in [2.75, 3.05) is 43.4 Å². The number of carbonyl (C=O) groups is 2. The van der Waals surface area contributed by atoms with E-state index in [-0.39, 0.29) is 11.9 Å². The van der Waals surface area contributed by atoms with E-state index in [1.807, 2.05) is 6.07 Å². The van der Waals surface area contributed by atoms with Crippen molar-refractivity contribution < 1.29 is 14.7 Å². The maximum atomic E-state index is 11.8. The number of hydrogen-bond donors (Lipinski definition) is 4. The molecule has 0 radical (unpaired) electrons. The fourth-order valence-electron chi connectivity index (χ4n) is 4.06. The molecule has 3 rings (SSSR count). The number of nitrogens with zero attached hydrogens (tertiary/aromatic N) is 5. The molecule has 192 valence electrons. The number of carboxylic acids is 1. The van der Waals surface area contributed by atoms with Gasteiger partial charge in [0.15, 0.2) is 0 Å². The first-order valence-corrected chi connectivity index (χ1v) is 12.4. The summed E-state index contributed by atoms with van der Waals surface area (Å²) < 4.78 is 0. The van der Waals surface area contributed by atoms with E-state index in [1.54, 1.807) is 0 Å². The molecule has 0 saturated carbocycles. The van der Waals surface area contributed by atoms with E-state index in [0.29, 0.717) is 31.6 Å². The van der Waals surface area contributed by atoms with Crippen molar-refractivity contribution in [3.8, 4) is 6.07 Å². The van der Waals surface area contributed by atoms with Crippen LogP contribution in [0.1, 0.15) is 49.4 Å². The van der Waals surface area contributed by atoms with Crippen molar-refractivity contribution in [2.45, 2.75) is 51.5 Å². The number of aliphatic carboxylic acids is 1. The van der Waals surface area contributed by atoms with Crippen LogP contribution in [0.15, 0.2) is 24.5 Å². The highest BCUT2D eigenvalue weighted by Crippen LogP contribution is 2.20. The topological polar surface area (TPSA) is 156 Å². The third-order valence-corrected chi connectivity index (χ3v) is 6.03. The van der Waals surface area contributed by atoms with E-state index in [0.717, 1.165) is 56.7 Å². The van der Waals surface area contributed by atoms with Crippen LogP contribution < -0.4 is 16.0 Å². The Bertz CT molecular complexity index is 1050. The maximum Gasteiger partial charge on any atom is 0.326 e. The molecule has 11 nitrogen and oxygen atoms in total. The molecule has 1 amide bonds. The lowest BCUT2D eigenvalue weighted by Gasteiger charge is -2.24. The molecule has 0 aromatic carbocycles. The Morgan fingerprint density at radius 3 is 2.75 bits per heavy atom. The van der Waals surface area contributed by atoms with Gasteiger partial charge in [-0.15, -0.1) is 0 Å². The summed E-state index contributed by atoms with van der Waals surface area (Å²) in [4.78, 5) is 38.0. The van der Waals surface area contributed by atoms with Gasteiger partial charge in [0.2, 0.25) is 11.9 Å². The third kappa shape index (κ3) is 8.78. The van der Waals surface area contributed by atoms with E-state index < -0.39 is 12.0 Å². The molecule has 4 N–H and O–H groups in total. The van der Waals surface area contributed by atoms with Gasteiger partial charge in [0.1, 0.15) is 17.9 Å². The van der Waals surface area contributed by atoms with Crippen LogP contribution in [0.25, 0.3) is 0 Å². The van der Waals surface area contributed by atoms with Gasteiger partial charge in [-0.1, -0.05) is 6.07 Å². The van der Waals surface area contributed by atoms with Gasteiger partial charge in [0.25, 0.3) is 0 Å². The van der Waals surface area contributed by atoms with Crippen LogP contribution >= 0.6 is 0 Å². The highest BCUT2D eigenvalue weighted by molar-refractivity contribution is 5.76. The zero-order chi connectivity index (χ0) is 25.8. The zero-order valence-corrected chi connectivity index (χ0v) is 20.7. The molecule has 1 unspecified atom stereocenters. The van der Waals surface area contributed by atoms with Crippen LogP contribution in [0.5, 0.6) is 0 Å². The summed E-state index contributed by atoms with van der Waals surface area (Å²) in [7, 11) is 0. The summed E-state index contributed by atoms with van der Waals surface area (Å²) in [5, 5.41) is 27.5. The number of aromatic nitrogens is 3. The lowest BCUT2D eigenvalue weighted by Crippen LogP contribution is -2.39. The Balaban J connectivity index is 1.50. The molecule has 36 heavy (non-hydrogen) atoms. The second-order valence-corrected chi connectivity index (χ2v) is 8.85. The van der Waals surface area contributed by atoms with Gasteiger partial charge < -0.3 is 26.0 Å². The molecule has 3 heterocycles. The van der Waals surface area contributed by atoms with Crippen LogP contribution in [0, 0.1) is 11.3 Å². The van der Waals surface area contributed by atoms with E-state index in [9.17, 15) is 14.7 Å². The highest BCUT2D eigenvalue weighted by Gasteiger charge is 2.20. The fraction of sp³-hybridized carbons (Fsp3) is 0.520. The molecule has 1 atom stereocenters. The summed E-state index contributed by atoms with van der Waals surface area (Å²) in [6, 6.07) is 5.32. The van der Waals surface area contributed by atoms with E-state index in [1.165, 1.54) is 24.9 Å². The number of rotatable bonds is 14. The Kier molecular flexibility index (Phi) is 10.4. The number of unbranched alkanes of at least 4 members (excludes halogenated alkanes) is 1. The molecule has 0 fully saturated rings. The summed E-state index contributed by atoms with van der Waals surface area (Å²) >= 11 is 0. The van der Waals surface area contributed by atoms with Gasteiger partial charge in [0.05, 0.1) is 18.0 Å². The van der Waals surface area contributed by atoms with Crippen LogP contribution in [-0.2, 0) is 22.4 Å². The van der Waals surface area contributed by atoms with Crippen molar-refractivity contribution in [3.05, 3.63) is 41.3 Å². The first-order chi connectivity index (χ1) is 17.4. The average molecular weight is 495 g/mol. The average Bonchev–Trinajstić information content (AvgIpc) is 2.88. The molecule has 0 bridgehead atoms. The second-order valence-electron chi connectivity index (χ2n) is 8.85. The number of carboxylic acid groups (broad SMARTS) is 1. The van der Waals surface area contributed by atoms with Crippen molar-refractivity contribution in [1.29, 1.82) is 5.26 Å². The van der Waals surface area contributed by atoms with Gasteiger partial charge in [-0.25, -0.2) is 19.7 Å². The predicted octanol–water partition coefficient (Wildman–Crippen LogP) is 1.82. The summed E-state index contributed by atoms with van der Waals surface area (Å²) in [5.74, 6) is 0.0781. The van der Waals surface area contributed by atoms with Gasteiger partial charge in [-0.2, -0.15) is 5.26 Å². The molecule has 2 aromatic heterocycles. The number of hydrogen-bond acceptors (Lipinski definition) is 9. The standard InChI is InChI=1S/C25H34N8O3/c1-18(34)27-11-14-33(12-3-2-6-21-8-7-20-5-4-10-28-23(20)31-21)13-9-22(24(35)36)32-25-29-16-19(15-26)17-30-25/h7-8,16-17,22H,2-6,9-14H2,1H3,(H,27,34)(H,28,31)(H,35,36)(H,29,30,32). The SMILES string of the molecule is CC(=O)NCCN(CCCCc1ccc2c(n1)NCCC2)CCC(Nc1ncc(C#N)cn1)C(=O)O. The molecule has 0 spiro atoms. The number of pyridine rings is 1. The molecular formula is C25H34N8O3. The quantitative estimate of drug-likeness (QED) is 0.286. The first kappa shape index (κ1) is 26.8. The van der Waals surface area contributed by atoms with Crippen LogP contribution in [-0.4, -0.2) is 75.6 Å². The summed E-state index contributed by atoms with van der Waals surface area (Å²) in [6.07, 6.45) is 8.01. The molecule has 11 heteroatoms. The number of nitriles is 1. The fourth-order valence-corrected chi connectivity index (χ4v) is 4.06. The molecule has 0 saturated heterocycles. The number of carbonyl (C=O) groups excluding carboxylic acids is 1. The Morgan fingerprint density at radius 2 is 2.03 bits per heavy atom. The molecular weight excluding hydrogens is 460 g/mol. The second kappa shape index (κ2) is 13.9. The van der Waals surface area contributed by atoms with Gasteiger partial charge >= 0.3 is 5.97 Å². The Hall–Kier alpha value is -3.78. The number of anilines is 2. The van der Waals surface area contributed by atoms with E-state index >= 15 is 0 Å². The van der Waals surface area contributed by atoms with E-state index in [4.69, 9.17) is 10.2 Å². The smallest absolute Gasteiger partial charge is 0.326 e. The number of nitrogens with one attached hydrogen (secondary N) is 3. The summed E-state index contributed by atoms with van der Waals surface area (Å²) in [6.45, 7) is 4.88. The minimum absolute atomic E-state index is 0.0925. The first-order valence-electron chi connectivity index (χ1n) is 12.4. The van der Waals surface area contributed by atoms with Crippen molar-refractivity contribution in [3.63, 3.8) is 0 Å². The van der Waals surface area contributed by atoms with Crippen LogP contribution in [0.2, 0.25) is 0 Å². The van der Waals surface area contributed by atoms with Gasteiger partial charge in [-0.3, -0.25) is 4.79 Å². The normalized spacial score (nSPS) is 13.2. The largest absolute Gasteiger partial charge is 0.480 e. The lowest BCUT2D eigenvalue weighted by molar-refractivity contribution is -0.138. The van der Waals surface area contributed by atoms with Crippen LogP contribution in [0.3, 0.4) is 0 Å². The van der Waals surface area contributed by atoms with Crippen molar-refractivity contribution >= 4 is 23.6 Å². The molecule has 1 aliphatic heterocycles. The van der Waals surface area contributed by atoms with Crippen LogP contribution in [0.4, 0.5) is 11.8 Å². The number of amides is 1. The monoisotopic (exact) mass is 494 g/mol. The third-order valence-electron chi connectivity index (χ3n) is 6.03. The lowest BCUT2D eigenvalue weighted by atomic mass is 10.1. The molecule has 1 aliphatic rings. The zero-order valence-electron chi connectivity index (χ0n) is 20.7. The Morgan fingerprint density at radius 1 is 1.22 bits per heavy atom. The number of fused-ring (bicyclic) bond motifs is 1. The minimum Gasteiger partial charge on any atom is -0.480 e. The maximum absolute atomic E-state index is 11.8. The molecule has 2 aromatic rings. The van der Waals surface area contributed by atoms with Crippen molar-refractivity contribution in [2.24, 2.45) is 0 Å². The van der Waals surface area contributed by atoms with Crippen molar-refractivity contribution in [1.82, 2.24) is 25.2 Å². The van der Waals surface area contributed by atoms with Gasteiger partial charge in [-0.05, 0) is 56.7 Å². The van der Waals surface area contributed by atoms with Gasteiger partial charge in [0, 0.05) is 38.8 Å².